The number of imidazole rings is 1. The van der Waals surface area contributed by atoms with Gasteiger partial charge < -0.3 is 19.9 Å². The third-order valence-corrected chi connectivity index (χ3v) is 6.35. The van der Waals surface area contributed by atoms with Gasteiger partial charge >= 0.3 is 0 Å². The summed E-state index contributed by atoms with van der Waals surface area (Å²) in [7, 11) is 1.60. The van der Waals surface area contributed by atoms with Gasteiger partial charge in [-0.25, -0.2) is 4.98 Å². The largest absolute Gasteiger partial charge is 0.497 e. The van der Waals surface area contributed by atoms with E-state index in [1.165, 1.54) is 11.8 Å². The lowest BCUT2D eigenvalue weighted by Gasteiger charge is -2.13. The first-order valence-electron chi connectivity index (χ1n) is 10.8. The molecule has 4 rings (SSSR count). The lowest BCUT2D eigenvalue weighted by Crippen LogP contribution is -2.21. The fourth-order valence-electron chi connectivity index (χ4n) is 3.65. The van der Waals surface area contributed by atoms with Crippen LogP contribution < -0.4 is 15.4 Å². The number of carbonyl (C=O) groups is 2. The maximum Gasteiger partial charge on any atom is 0.244 e. The van der Waals surface area contributed by atoms with E-state index in [0.717, 1.165) is 33.6 Å². The number of hydrogen-bond donors (Lipinski definition) is 2. The van der Waals surface area contributed by atoms with Gasteiger partial charge in [-0.15, -0.1) is 0 Å². The Balaban J connectivity index is 1.48. The zero-order valence-corrected chi connectivity index (χ0v) is 20.1. The topological polar surface area (TPSA) is 85.2 Å². The van der Waals surface area contributed by atoms with Crippen molar-refractivity contribution < 1.29 is 14.3 Å². The van der Waals surface area contributed by atoms with Crippen LogP contribution in [0.25, 0.3) is 11.0 Å². The molecule has 174 valence electrons. The summed E-state index contributed by atoms with van der Waals surface area (Å²) in [5, 5.41) is 6.51. The highest BCUT2D eigenvalue weighted by Crippen LogP contribution is 2.25. The van der Waals surface area contributed by atoms with Gasteiger partial charge in [0, 0.05) is 11.4 Å². The number of rotatable bonds is 8. The number of thioether (sulfide) groups is 1. The Morgan fingerprint density at radius 1 is 0.912 bits per heavy atom. The molecule has 34 heavy (non-hydrogen) atoms. The quantitative estimate of drug-likeness (QED) is 0.350. The Hall–Kier alpha value is -3.78. The average molecular weight is 475 g/mol. The number of nitrogens with zero attached hydrogens (tertiary/aromatic N) is 2. The number of amides is 2. The highest BCUT2D eigenvalue weighted by molar-refractivity contribution is 7.99. The molecule has 3 aromatic carbocycles. The van der Waals surface area contributed by atoms with Gasteiger partial charge in [0.15, 0.2) is 5.16 Å². The van der Waals surface area contributed by atoms with E-state index in [-0.39, 0.29) is 24.1 Å². The zero-order valence-electron chi connectivity index (χ0n) is 19.3. The second-order valence-electron chi connectivity index (χ2n) is 7.85. The highest BCUT2D eigenvalue weighted by atomic mass is 32.2. The number of aryl methyl sites for hydroxylation is 2. The van der Waals surface area contributed by atoms with E-state index in [2.05, 4.69) is 15.6 Å². The van der Waals surface area contributed by atoms with Crippen LogP contribution in [0.3, 0.4) is 0 Å². The van der Waals surface area contributed by atoms with Crippen LogP contribution in [0.1, 0.15) is 11.1 Å². The van der Waals surface area contributed by atoms with Crippen LogP contribution in [-0.4, -0.2) is 34.2 Å². The van der Waals surface area contributed by atoms with Crippen LogP contribution in [0.2, 0.25) is 0 Å². The molecule has 1 heterocycles. The summed E-state index contributed by atoms with van der Waals surface area (Å²) < 4.78 is 6.99. The molecule has 0 aliphatic rings. The van der Waals surface area contributed by atoms with Crippen molar-refractivity contribution in [3.8, 4) is 5.75 Å². The molecule has 0 spiro atoms. The standard InChI is InChI=1S/C26H26N4O3S/c1-17-7-6-8-18(2)25(17)29-23(31)15-30-22-10-5-4-9-21(22)28-26(30)34-16-24(32)27-19-11-13-20(33-3)14-12-19/h4-14H,15-16H2,1-3H3,(H,27,32)(H,29,31). The predicted octanol–water partition coefficient (Wildman–Crippen LogP) is 5.03. The summed E-state index contributed by atoms with van der Waals surface area (Å²) in [5.41, 5.74) is 5.15. The number of anilines is 2. The van der Waals surface area contributed by atoms with Gasteiger partial charge in [-0.3, -0.25) is 9.59 Å². The monoisotopic (exact) mass is 474 g/mol. The molecule has 4 aromatic rings. The summed E-state index contributed by atoms with van der Waals surface area (Å²) in [4.78, 5) is 30.1. The molecule has 0 bridgehead atoms. The van der Waals surface area contributed by atoms with Gasteiger partial charge in [-0.05, 0) is 61.4 Å². The maximum atomic E-state index is 13.0. The van der Waals surface area contributed by atoms with Gasteiger partial charge in [0.25, 0.3) is 0 Å². The SMILES string of the molecule is COc1ccc(NC(=O)CSc2nc3ccccc3n2CC(=O)Nc2c(C)cccc2C)cc1. The van der Waals surface area contributed by atoms with Crippen molar-refractivity contribution in [1.82, 2.24) is 9.55 Å². The van der Waals surface area contributed by atoms with E-state index in [4.69, 9.17) is 4.74 Å². The van der Waals surface area contributed by atoms with Gasteiger partial charge in [-0.2, -0.15) is 0 Å². The fourth-order valence-corrected chi connectivity index (χ4v) is 4.47. The fraction of sp³-hybridized carbons (Fsp3) is 0.192. The molecule has 0 fully saturated rings. The van der Waals surface area contributed by atoms with Crippen molar-refractivity contribution in [2.75, 3.05) is 23.5 Å². The minimum atomic E-state index is -0.159. The molecule has 0 radical (unpaired) electrons. The second kappa shape index (κ2) is 10.4. The number of benzene rings is 3. The highest BCUT2D eigenvalue weighted by Gasteiger charge is 2.16. The number of para-hydroxylation sites is 3. The average Bonchev–Trinajstić information content (AvgIpc) is 3.18. The number of aromatic nitrogens is 2. The predicted molar refractivity (Wildman–Crippen MR) is 137 cm³/mol. The van der Waals surface area contributed by atoms with Gasteiger partial charge in [0.05, 0.1) is 23.9 Å². The lowest BCUT2D eigenvalue weighted by atomic mass is 10.1. The van der Waals surface area contributed by atoms with E-state index in [1.54, 1.807) is 31.4 Å². The number of hydrogen-bond acceptors (Lipinski definition) is 5. The van der Waals surface area contributed by atoms with Gasteiger partial charge in [0.1, 0.15) is 12.3 Å². The van der Waals surface area contributed by atoms with Crippen LogP contribution in [-0.2, 0) is 16.1 Å². The molecule has 2 amide bonds. The summed E-state index contributed by atoms with van der Waals surface area (Å²) in [5.74, 6) is 0.576. The van der Waals surface area contributed by atoms with E-state index in [0.29, 0.717) is 10.8 Å². The van der Waals surface area contributed by atoms with Crippen LogP contribution in [0.15, 0.2) is 71.9 Å². The number of methoxy groups -OCH3 is 1. The molecule has 1 aromatic heterocycles. The minimum Gasteiger partial charge on any atom is -0.497 e. The Labute approximate surface area is 202 Å². The molecular formula is C26H26N4O3S. The summed E-state index contributed by atoms with van der Waals surface area (Å²) in [6.07, 6.45) is 0. The molecule has 0 saturated heterocycles. The summed E-state index contributed by atoms with van der Waals surface area (Å²) in [6, 6.07) is 20.7. The molecular weight excluding hydrogens is 448 g/mol. The first kappa shape index (κ1) is 23.4. The van der Waals surface area contributed by atoms with Crippen molar-refractivity contribution in [2.45, 2.75) is 25.5 Å². The van der Waals surface area contributed by atoms with Crippen molar-refractivity contribution in [1.29, 1.82) is 0 Å². The number of carbonyl (C=O) groups excluding carboxylic acids is 2. The van der Waals surface area contributed by atoms with E-state index >= 15 is 0 Å². The molecule has 0 atom stereocenters. The lowest BCUT2D eigenvalue weighted by molar-refractivity contribution is -0.117. The van der Waals surface area contributed by atoms with Crippen LogP contribution in [0.5, 0.6) is 5.75 Å². The van der Waals surface area contributed by atoms with Crippen LogP contribution in [0, 0.1) is 13.8 Å². The van der Waals surface area contributed by atoms with Crippen LogP contribution in [0.4, 0.5) is 11.4 Å². The number of fused-ring (bicyclic) bond motifs is 1. The summed E-state index contributed by atoms with van der Waals surface area (Å²) >= 11 is 1.30. The molecule has 0 aliphatic heterocycles. The summed E-state index contributed by atoms with van der Waals surface area (Å²) in [6.45, 7) is 4.03. The minimum absolute atomic E-state index is 0.0940. The first-order chi connectivity index (χ1) is 16.4. The molecule has 0 saturated carbocycles. The Morgan fingerprint density at radius 2 is 1.62 bits per heavy atom. The molecule has 8 heteroatoms. The van der Waals surface area contributed by atoms with Gasteiger partial charge in [-0.1, -0.05) is 42.1 Å². The Kier molecular flexibility index (Phi) is 7.18. The van der Waals surface area contributed by atoms with Crippen molar-refractivity contribution >= 4 is 46.0 Å². The number of nitrogens with one attached hydrogen (secondary N) is 2. The second-order valence-corrected chi connectivity index (χ2v) is 8.79. The number of ether oxygens (including phenoxy) is 1. The Bertz CT molecular complexity index is 1310. The smallest absolute Gasteiger partial charge is 0.244 e. The van der Waals surface area contributed by atoms with E-state index in [1.807, 2.05) is 60.9 Å². The molecule has 0 unspecified atom stereocenters. The van der Waals surface area contributed by atoms with Crippen molar-refractivity contribution in [3.05, 3.63) is 77.9 Å². The normalized spacial score (nSPS) is 10.8. The first-order valence-corrected chi connectivity index (χ1v) is 11.8. The third kappa shape index (κ3) is 5.40. The van der Waals surface area contributed by atoms with Gasteiger partial charge in [0.2, 0.25) is 11.8 Å². The zero-order chi connectivity index (χ0) is 24.1. The maximum absolute atomic E-state index is 13.0. The molecule has 0 aliphatic carbocycles. The van der Waals surface area contributed by atoms with Crippen molar-refractivity contribution in [2.24, 2.45) is 0 Å². The molecule has 2 N–H and O–H groups in total. The third-order valence-electron chi connectivity index (χ3n) is 5.37. The van der Waals surface area contributed by atoms with Crippen LogP contribution >= 0.6 is 11.8 Å². The van der Waals surface area contributed by atoms with E-state index < -0.39 is 0 Å². The Morgan fingerprint density at radius 3 is 2.32 bits per heavy atom. The van der Waals surface area contributed by atoms with E-state index in [9.17, 15) is 9.59 Å². The molecule has 7 nitrogen and oxygen atoms in total. The van der Waals surface area contributed by atoms with Crippen molar-refractivity contribution in [3.63, 3.8) is 0 Å².